The zero-order valence-electron chi connectivity index (χ0n) is 10.4. The lowest BCUT2D eigenvalue weighted by Gasteiger charge is -2.20. The van der Waals surface area contributed by atoms with E-state index in [9.17, 15) is 4.79 Å². The molecule has 17 heavy (non-hydrogen) atoms. The highest BCUT2D eigenvalue weighted by atomic mass is 16.2. The van der Waals surface area contributed by atoms with Crippen LogP contribution in [0.1, 0.15) is 25.5 Å². The molecule has 3 atom stereocenters. The number of benzene rings is 1. The third-order valence-electron chi connectivity index (χ3n) is 2.90. The maximum atomic E-state index is 11.8. The number of hydrogen-bond donors (Lipinski definition) is 2. The molecule has 0 radical (unpaired) electrons. The summed E-state index contributed by atoms with van der Waals surface area (Å²) in [5, 5.41) is 2.90. The van der Waals surface area contributed by atoms with E-state index in [1.807, 2.05) is 44.2 Å². The molecule has 1 amide bonds. The van der Waals surface area contributed by atoms with Gasteiger partial charge in [0.2, 0.25) is 5.91 Å². The highest BCUT2D eigenvalue weighted by molar-refractivity contribution is 5.82. The summed E-state index contributed by atoms with van der Waals surface area (Å²) in [5.74, 6) is -0.174. The number of rotatable bonds is 5. The summed E-state index contributed by atoms with van der Waals surface area (Å²) in [6.07, 6.45) is 1.69. The van der Waals surface area contributed by atoms with Crippen molar-refractivity contribution in [3.05, 3.63) is 48.6 Å². The number of carbonyl (C=O) groups excluding carboxylic acids is 1. The van der Waals surface area contributed by atoms with Gasteiger partial charge in [-0.05, 0) is 18.4 Å². The zero-order valence-corrected chi connectivity index (χ0v) is 10.4. The predicted octanol–water partition coefficient (Wildman–Crippen LogP) is 2.01. The van der Waals surface area contributed by atoms with Gasteiger partial charge in [0.25, 0.3) is 0 Å². The molecule has 92 valence electrons. The molecular weight excluding hydrogens is 212 g/mol. The molecule has 0 aliphatic heterocycles. The SMILES string of the molecule is C=C[C@@H](C)[C@@H](N)C(=O)N[C@@H](C)c1ccccc1. The minimum Gasteiger partial charge on any atom is -0.348 e. The molecule has 3 heteroatoms. The van der Waals surface area contributed by atoms with Gasteiger partial charge in [0.05, 0.1) is 12.1 Å². The molecule has 0 spiro atoms. The van der Waals surface area contributed by atoms with Gasteiger partial charge in [-0.1, -0.05) is 43.3 Å². The predicted molar refractivity (Wildman–Crippen MR) is 70.3 cm³/mol. The van der Waals surface area contributed by atoms with Crippen molar-refractivity contribution in [3.8, 4) is 0 Å². The van der Waals surface area contributed by atoms with E-state index in [2.05, 4.69) is 11.9 Å². The maximum absolute atomic E-state index is 11.8. The molecule has 0 fully saturated rings. The summed E-state index contributed by atoms with van der Waals surface area (Å²) in [6.45, 7) is 7.46. The lowest BCUT2D eigenvalue weighted by molar-refractivity contribution is -0.123. The Bertz CT molecular complexity index is 375. The van der Waals surface area contributed by atoms with Crippen LogP contribution in [0, 0.1) is 5.92 Å². The molecule has 1 aromatic rings. The Balaban J connectivity index is 2.60. The second-order valence-corrected chi connectivity index (χ2v) is 4.26. The third kappa shape index (κ3) is 3.71. The summed E-state index contributed by atoms with van der Waals surface area (Å²) < 4.78 is 0. The normalized spacial score (nSPS) is 15.7. The van der Waals surface area contributed by atoms with Crippen LogP contribution in [0.25, 0.3) is 0 Å². The maximum Gasteiger partial charge on any atom is 0.237 e. The number of amides is 1. The Morgan fingerprint density at radius 1 is 1.35 bits per heavy atom. The van der Waals surface area contributed by atoms with Crippen molar-refractivity contribution >= 4 is 5.91 Å². The van der Waals surface area contributed by atoms with Gasteiger partial charge in [0.1, 0.15) is 0 Å². The van der Waals surface area contributed by atoms with Crippen LogP contribution in [0.2, 0.25) is 0 Å². The summed E-state index contributed by atoms with van der Waals surface area (Å²) >= 11 is 0. The topological polar surface area (TPSA) is 55.1 Å². The molecule has 3 N–H and O–H groups in total. The fourth-order valence-corrected chi connectivity index (χ4v) is 1.52. The second kappa shape index (κ2) is 6.21. The lowest BCUT2D eigenvalue weighted by atomic mass is 10.0. The van der Waals surface area contributed by atoms with Crippen LogP contribution in [0.4, 0.5) is 0 Å². The summed E-state index contributed by atoms with van der Waals surface area (Å²) in [5.41, 5.74) is 6.88. The van der Waals surface area contributed by atoms with E-state index in [0.717, 1.165) is 5.56 Å². The molecule has 0 saturated heterocycles. The van der Waals surface area contributed by atoms with E-state index in [-0.39, 0.29) is 17.9 Å². The van der Waals surface area contributed by atoms with Gasteiger partial charge < -0.3 is 11.1 Å². The Morgan fingerprint density at radius 3 is 2.47 bits per heavy atom. The highest BCUT2D eigenvalue weighted by Crippen LogP contribution is 2.12. The largest absolute Gasteiger partial charge is 0.348 e. The molecule has 1 aromatic carbocycles. The summed E-state index contributed by atoms with van der Waals surface area (Å²) in [6, 6.07) is 9.23. The summed E-state index contributed by atoms with van der Waals surface area (Å²) in [4.78, 5) is 11.8. The molecule has 0 bridgehead atoms. The van der Waals surface area contributed by atoms with E-state index in [1.54, 1.807) is 6.08 Å². The van der Waals surface area contributed by atoms with E-state index < -0.39 is 6.04 Å². The number of nitrogens with one attached hydrogen (secondary N) is 1. The van der Waals surface area contributed by atoms with Crippen molar-refractivity contribution in [2.45, 2.75) is 25.9 Å². The molecule has 0 saturated carbocycles. The van der Waals surface area contributed by atoms with Gasteiger partial charge in [0, 0.05) is 0 Å². The van der Waals surface area contributed by atoms with Gasteiger partial charge in [-0.15, -0.1) is 6.58 Å². The smallest absolute Gasteiger partial charge is 0.237 e. The van der Waals surface area contributed by atoms with Crippen LogP contribution in [0.3, 0.4) is 0 Å². The van der Waals surface area contributed by atoms with Crippen LogP contribution in [0.5, 0.6) is 0 Å². The molecule has 0 heterocycles. The van der Waals surface area contributed by atoms with E-state index in [4.69, 9.17) is 5.73 Å². The van der Waals surface area contributed by atoms with Crippen molar-refractivity contribution in [1.82, 2.24) is 5.32 Å². The first-order valence-electron chi connectivity index (χ1n) is 5.79. The Morgan fingerprint density at radius 2 is 1.94 bits per heavy atom. The highest BCUT2D eigenvalue weighted by Gasteiger charge is 2.20. The van der Waals surface area contributed by atoms with Gasteiger partial charge in [-0.25, -0.2) is 0 Å². The molecule has 0 aromatic heterocycles. The van der Waals surface area contributed by atoms with E-state index in [0.29, 0.717) is 0 Å². The monoisotopic (exact) mass is 232 g/mol. The number of hydrogen-bond acceptors (Lipinski definition) is 2. The Kier molecular flexibility index (Phi) is 4.91. The number of carbonyl (C=O) groups is 1. The molecule has 1 rings (SSSR count). The van der Waals surface area contributed by atoms with Crippen molar-refractivity contribution in [2.24, 2.45) is 11.7 Å². The van der Waals surface area contributed by atoms with Crippen LogP contribution >= 0.6 is 0 Å². The van der Waals surface area contributed by atoms with Gasteiger partial charge in [-0.3, -0.25) is 4.79 Å². The first kappa shape index (κ1) is 13.5. The van der Waals surface area contributed by atoms with Crippen LogP contribution in [-0.2, 0) is 4.79 Å². The first-order valence-corrected chi connectivity index (χ1v) is 5.79. The molecular formula is C14H20N2O. The van der Waals surface area contributed by atoms with Gasteiger partial charge in [-0.2, -0.15) is 0 Å². The third-order valence-corrected chi connectivity index (χ3v) is 2.90. The molecule has 0 unspecified atom stereocenters. The Labute approximate surface area is 103 Å². The average Bonchev–Trinajstić information content (AvgIpc) is 2.37. The lowest BCUT2D eigenvalue weighted by Crippen LogP contribution is -2.44. The second-order valence-electron chi connectivity index (χ2n) is 4.26. The molecule has 3 nitrogen and oxygen atoms in total. The van der Waals surface area contributed by atoms with Crippen LogP contribution in [0.15, 0.2) is 43.0 Å². The van der Waals surface area contributed by atoms with Crippen molar-refractivity contribution in [2.75, 3.05) is 0 Å². The fourth-order valence-electron chi connectivity index (χ4n) is 1.52. The quantitative estimate of drug-likeness (QED) is 0.763. The van der Waals surface area contributed by atoms with Crippen LogP contribution in [-0.4, -0.2) is 11.9 Å². The zero-order chi connectivity index (χ0) is 12.8. The van der Waals surface area contributed by atoms with Crippen molar-refractivity contribution in [3.63, 3.8) is 0 Å². The van der Waals surface area contributed by atoms with Gasteiger partial charge in [0.15, 0.2) is 0 Å². The van der Waals surface area contributed by atoms with E-state index in [1.165, 1.54) is 0 Å². The minimum atomic E-state index is -0.543. The van der Waals surface area contributed by atoms with Crippen LogP contribution < -0.4 is 11.1 Å². The minimum absolute atomic E-state index is 0.0297. The van der Waals surface area contributed by atoms with Gasteiger partial charge >= 0.3 is 0 Å². The summed E-state index contributed by atoms with van der Waals surface area (Å²) in [7, 11) is 0. The standard InChI is InChI=1S/C14H20N2O/c1-4-10(2)13(15)14(17)16-11(3)12-8-6-5-7-9-12/h4-11,13H,1,15H2,2-3H3,(H,16,17)/t10-,11+,13-/m1/s1. The first-order chi connectivity index (χ1) is 8.06. The Hall–Kier alpha value is -1.61. The molecule has 0 aliphatic rings. The fraction of sp³-hybridized carbons (Fsp3) is 0.357. The average molecular weight is 232 g/mol. The van der Waals surface area contributed by atoms with Crippen molar-refractivity contribution in [1.29, 1.82) is 0 Å². The van der Waals surface area contributed by atoms with E-state index >= 15 is 0 Å². The number of nitrogens with two attached hydrogens (primary N) is 1. The molecule has 0 aliphatic carbocycles. The van der Waals surface area contributed by atoms with Crippen molar-refractivity contribution < 1.29 is 4.79 Å².